The normalized spacial score (nSPS) is 12.1. The van der Waals surface area contributed by atoms with Gasteiger partial charge in [0.15, 0.2) is 0 Å². The lowest BCUT2D eigenvalue weighted by atomic mass is 10.1. The van der Waals surface area contributed by atoms with Crippen molar-refractivity contribution < 1.29 is 18.4 Å². The summed E-state index contributed by atoms with van der Waals surface area (Å²) in [6, 6.07) is 0. The smallest absolute Gasteiger partial charge is 0.370 e. The van der Waals surface area contributed by atoms with Gasteiger partial charge in [-0.3, -0.25) is 0 Å². The maximum atomic E-state index is 11.2. The summed E-state index contributed by atoms with van der Waals surface area (Å²) in [5, 5.41) is 0. The van der Waals surface area contributed by atoms with Crippen LogP contribution in [0.15, 0.2) is 12.2 Å². The zero-order valence-corrected chi connectivity index (χ0v) is 12.5. The summed E-state index contributed by atoms with van der Waals surface area (Å²) in [5.74, 6) is -0.654. The van der Waals surface area contributed by atoms with Crippen molar-refractivity contribution in [3.05, 3.63) is 12.2 Å². The largest absolute Gasteiger partial charge is 0.390 e. The summed E-state index contributed by atoms with van der Waals surface area (Å²) >= 11 is 0. The van der Waals surface area contributed by atoms with Crippen LogP contribution in [0.25, 0.3) is 0 Å². The van der Waals surface area contributed by atoms with Crippen molar-refractivity contribution in [1.82, 2.24) is 0 Å². The molecule has 0 aromatic heterocycles. The quantitative estimate of drug-likeness (QED) is 0.321. The molecule has 0 aromatic carbocycles. The molecular weight excluding hydrogens is 251 g/mol. The topological polar surface area (TPSA) is 52.6 Å². The van der Waals surface area contributed by atoms with Crippen LogP contribution in [0.1, 0.15) is 58.8 Å². The highest BCUT2D eigenvalue weighted by atomic mass is 31.1. The second-order valence-electron chi connectivity index (χ2n) is 4.39. The minimum absolute atomic E-state index is 0.230. The van der Waals surface area contributed by atoms with E-state index in [1.165, 1.54) is 39.0 Å². The Kier molecular flexibility index (Phi) is 11.1. The maximum Gasteiger partial charge on any atom is 0.370 e. The molecule has 0 spiro atoms. The summed E-state index contributed by atoms with van der Waals surface area (Å²) in [6.45, 7) is 7.48. The van der Waals surface area contributed by atoms with Gasteiger partial charge >= 0.3 is 14.2 Å². The molecular formula is C13H25O4P. The van der Waals surface area contributed by atoms with Gasteiger partial charge in [0.2, 0.25) is 0 Å². The third-order valence-corrected chi connectivity index (χ3v) is 3.28. The predicted octanol–water partition coefficient (Wildman–Crippen LogP) is 4.26. The van der Waals surface area contributed by atoms with Crippen LogP contribution in [0, 0.1) is 0 Å². The van der Waals surface area contributed by atoms with Crippen molar-refractivity contribution in [2.45, 2.75) is 58.8 Å². The first-order valence-corrected chi connectivity index (χ1v) is 7.84. The summed E-state index contributed by atoms with van der Waals surface area (Å²) in [5.41, 5.74) is 0.230. The van der Waals surface area contributed by atoms with E-state index < -0.39 is 14.2 Å². The minimum Gasteiger partial charge on any atom is -0.390 e. The van der Waals surface area contributed by atoms with E-state index in [0.29, 0.717) is 6.61 Å². The van der Waals surface area contributed by atoms with Crippen molar-refractivity contribution in [1.29, 1.82) is 0 Å². The number of carbonyl (C=O) groups excluding carboxylic acids is 1. The second-order valence-corrected chi connectivity index (χ2v) is 5.38. The fourth-order valence-electron chi connectivity index (χ4n) is 1.41. The molecule has 0 amide bonds. The van der Waals surface area contributed by atoms with Crippen molar-refractivity contribution in [2.24, 2.45) is 0 Å². The van der Waals surface area contributed by atoms with Crippen LogP contribution in [0.3, 0.4) is 0 Å². The van der Waals surface area contributed by atoms with Gasteiger partial charge in [-0.25, -0.2) is 9.36 Å². The van der Waals surface area contributed by atoms with Crippen LogP contribution in [-0.2, 0) is 18.4 Å². The Labute approximate surface area is 111 Å². The number of unbranched alkanes of at least 4 members (excludes halogenated alkanes) is 6. The third kappa shape index (κ3) is 10.5. The molecule has 0 bridgehead atoms. The summed E-state index contributed by atoms with van der Waals surface area (Å²) in [6.07, 6.45) is 8.16. The van der Waals surface area contributed by atoms with E-state index in [0.717, 1.165) is 12.8 Å². The molecule has 0 saturated carbocycles. The highest BCUT2D eigenvalue weighted by Crippen LogP contribution is 2.25. The van der Waals surface area contributed by atoms with Crippen LogP contribution in [-0.4, -0.2) is 12.6 Å². The molecule has 0 aliphatic heterocycles. The van der Waals surface area contributed by atoms with E-state index in [4.69, 9.17) is 4.52 Å². The van der Waals surface area contributed by atoms with E-state index in [-0.39, 0.29) is 5.57 Å². The third-order valence-electron chi connectivity index (χ3n) is 2.49. The summed E-state index contributed by atoms with van der Waals surface area (Å²) in [4.78, 5) is 11.0. The molecule has 18 heavy (non-hydrogen) atoms. The van der Waals surface area contributed by atoms with Crippen LogP contribution in [0.5, 0.6) is 0 Å². The molecule has 0 saturated heterocycles. The maximum absolute atomic E-state index is 11.2. The first-order valence-electron chi connectivity index (χ1n) is 6.62. The van der Waals surface area contributed by atoms with Gasteiger partial charge in [-0.15, -0.1) is 0 Å². The van der Waals surface area contributed by atoms with Gasteiger partial charge in [-0.1, -0.05) is 52.0 Å². The Morgan fingerprint density at radius 2 is 1.67 bits per heavy atom. The molecule has 0 aliphatic carbocycles. The summed E-state index contributed by atoms with van der Waals surface area (Å²) < 4.78 is 20.7. The van der Waals surface area contributed by atoms with Gasteiger partial charge in [0.1, 0.15) is 0 Å². The van der Waals surface area contributed by atoms with E-state index in [1.807, 2.05) is 0 Å². The Morgan fingerprint density at radius 1 is 1.11 bits per heavy atom. The first kappa shape index (κ1) is 17.4. The standard InChI is InChI=1S/C13H25O4P/c1-4-5-6-7-8-9-10-11-16-18(15)17-13(14)12(2)3/h18H,2,4-11H2,1,3H3. The molecule has 0 radical (unpaired) electrons. The van der Waals surface area contributed by atoms with Gasteiger partial charge in [0.25, 0.3) is 0 Å². The van der Waals surface area contributed by atoms with Gasteiger partial charge in [0.05, 0.1) is 6.61 Å². The van der Waals surface area contributed by atoms with E-state index in [1.54, 1.807) is 0 Å². The van der Waals surface area contributed by atoms with Crippen molar-refractivity contribution in [3.63, 3.8) is 0 Å². The molecule has 0 aromatic rings. The second kappa shape index (κ2) is 11.5. The van der Waals surface area contributed by atoms with Gasteiger partial charge < -0.3 is 9.05 Å². The van der Waals surface area contributed by atoms with Gasteiger partial charge in [-0.2, -0.15) is 0 Å². The van der Waals surface area contributed by atoms with Crippen molar-refractivity contribution in [3.8, 4) is 0 Å². The Balaban J connectivity index is 3.36. The molecule has 5 heteroatoms. The molecule has 1 atom stereocenters. The highest BCUT2D eigenvalue weighted by Gasteiger charge is 2.08. The van der Waals surface area contributed by atoms with Crippen LogP contribution in [0.2, 0.25) is 0 Å². The average molecular weight is 276 g/mol. The molecule has 0 aliphatic rings. The van der Waals surface area contributed by atoms with Gasteiger partial charge in [0, 0.05) is 5.57 Å². The number of rotatable bonds is 11. The molecule has 0 fully saturated rings. The molecule has 0 rings (SSSR count). The first-order chi connectivity index (χ1) is 8.57. The predicted molar refractivity (Wildman–Crippen MR) is 73.9 cm³/mol. The molecule has 0 heterocycles. The van der Waals surface area contributed by atoms with Crippen LogP contribution >= 0.6 is 8.25 Å². The lowest BCUT2D eigenvalue weighted by molar-refractivity contribution is -0.130. The lowest BCUT2D eigenvalue weighted by Crippen LogP contribution is -2.00. The Bertz CT molecular complexity index is 276. The Hall–Kier alpha value is -0.600. The monoisotopic (exact) mass is 276 g/mol. The fraction of sp³-hybridized carbons (Fsp3) is 0.769. The zero-order valence-electron chi connectivity index (χ0n) is 11.5. The molecule has 4 nitrogen and oxygen atoms in total. The number of hydrogen-bond acceptors (Lipinski definition) is 4. The minimum atomic E-state index is -2.69. The average Bonchev–Trinajstić information content (AvgIpc) is 2.32. The summed E-state index contributed by atoms with van der Waals surface area (Å²) in [7, 11) is -2.69. The number of hydrogen-bond donors (Lipinski definition) is 0. The van der Waals surface area contributed by atoms with E-state index in [2.05, 4.69) is 18.0 Å². The molecule has 0 N–H and O–H groups in total. The van der Waals surface area contributed by atoms with Gasteiger partial charge in [-0.05, 0) is 13.3 Å². The van der Waals surface area contributed by atoms with E-state index in [9.17, 15) is 9.36 Å². The van der Waals surface area contributed by atoms with Crippen LogP contribution < -0.4 is 0 Å². The zero-order chi connectivity index (χ0) is 13.8. The fourth-order valence-corrected chi connectivity index (χ4v) is 2.10. The van der Waals surface area contributed by atoms with Crippen LogP contribution in [0.4, 0.5) is 0 Å². The van der Waals surface area contributed by atoms with Crippen molar-refractivity contribution >= 4 is 14.2 Å². The molecule has 1 unspecified atom stereocenters. The molecule has 106 valence electrons. The Morgan fingerprint density at radius 3 is 2.22 bits per heavy atom. The highest BCUT2D eigenvalue weighted by molar-refractivity contribution is 7.34. The number of carbonyl (C=O) groups is 1. The van der Waals surface area contributed by atoms with E-state index >= 15 is 0 Å². The SMILES string of the molecule is C=C(C)C(=O)O[PH](=O)OCCCCCCCCC. The lowest BCUT2D eigenvalue weighted by Gasteiger charge is -2.05. The van der Waals surface area contributed by atoms with Crippen molar-refractivity contribution in [2.75, 3.05) is 6.61 Å².